The van der Waals surface area contributed by atoms with E-state index in [0.29, 0.717) is 5.41 Å². The fraction of sp³-hybridized carbons (Fsp3) is 0.600. The molecule has 2 aliphatic rings. The molecule has 0 aliphatic heterocycles. The number of halogens is 1. The van der Waals surface area contributed by atoms with Crippen LogP contribution in [0, 0.1) is 24.1 Å². The third-order valence-corrected chi connectivity index (χ3v) is 4.38. The number of hydrogen-bond donors (Lipinski definition) is 1. The minimum Gasteiger partial charge on any atom is -0.312 e. The fourth-order valence-electron chi connectivity index (χ4n) is 2.79. The molecule has 0 radical (unpaired) electrons. The molecule has 0 heterocycles. The molecule has 1 nitrogen and oxygen atoms in total. The number of rotatable bonds is 5. The van der Waals surface area contributed by atoms with Crippen LogP contribution in [0.2, 0.25) is 0 Å². The number of nitrogens with one attached hydrogen (secondary N) is 1. The first-order valence-corrected chi connectivity index (χ1v) is 6.65. The van der Waals surface area contributed by atoms with Crippen LogP contribution >= 0.6 is 0 Å². The van der Waals surface area contributed by atoms with Crippen LogP contribution in [-0.4, -0.2) is 6.54 Å². The molecule has 1 aromatic rings. The van der Waals surface area contributed by atoms with Gasteiger partial charge in [0.05, 0.1) is 0 Å². The molecule has 0 amide bonds. The highest BCUT2D eigenvalue weighted by Crippen LogP contribution is 2.60. The van der Waals surface area contributed by atoms with Crippen LogP contribution in [0.1, 0.15) is 36.8 Å². The first-order chi connectivity index (χ1) is 8.20. The minimum atomic E-state index is -0.0902. The second-order valence-corrected chi connectivity index (χ2v) is 5.82. The predicted octanol–water partition coefficient (Wildman–Crippen LogP) is 3.41. The van der Waals surface area contributed by atoms with Crippen molar-refractivity contribution < 1.29 is 4.39 Å². The van der Waals surface area contributed by atoms with Gasteiger partial charge in [-0.2, -0.15) is 0 Å². The van der Waals surface area contributed by atoms with Crippen molar-refractivity contribution in [2.75, 3.05) is 6.54 Å². The highest BCUT2D eigenvalue weighted by molar-refractivity contribution is 5.23. The molecule has 2 aliphatic carbocycles. The van der Waals surface area contributed by atoms with Gasteiger partial charge in [0.1, 0.15) is 5.82 Å². The van der Waals surface area contributed by atoms with Crippen LogP contribution in [0.4, 0.5) is 4.39 Å². The zero-order valence-electron chi connectivity index (χ0n) is 10.4. The standard InChI is InChI=1S/C15H20FN/c1-11-2-3-12(8-14(11)16)9-17-10-15(6-7-15)13-4-5-13/h2-3,8,13,17H,4-7,9-10H2,1H3. The van der Waals surface area contributed by atoms with E-state index in [9.17, 15) is 4.39 Å². The Morgan fingerprint density at radius 2 is 2.12 bits per heavy atom. The molecule has 2 saturated carbocycles. The number of hydrogen-bond acceptors (Lipinski definition) is 1. The lowest BCUT2D eigenvalue weighted by atomic mass is 10.0. The van der Waals surface area contributed by atoms with Crippen molar-refractivity contribution in [1.29, 1.82) is 0 Å². The van der Waals surface area contributed by atoms with E-state index in [0.717, 1.165) is 30.1 Å². The van der Waals surface area contributed by atoms with Gasteiger partial charge in [-0.15, -0.1) is 0 Å². The summed E-state index contributed by atoms with van der Waals surface area (Å²) in [6.07, 6.45) is 5.65. The zero-order chi connectivity index (χ0) is 11.9. The van der Waals surface area contributed by atoms with Gasteiger partial charge < -0.3 is 5.32 Å². The Bertz CT molecular complexity index is 419. The van der Waals surface area contributed by atoms with Crippen molar-refractivity contribution in [2.45, 2.75) is 39.2 Å². The summed E-state index contributed by atoms with van der Waals surface area (Å²) in [4.78, 5) is 0. The molecule has 1 aromatic carbocycles. The van der Waals surface area contributed by atoms with Gasteiger partial charge >= 0.3 is 0 Å². The van der Waals surface area contributed by atoms with Gasteiger partial charge in [0.15, 0.2) is 0 Å². The Hall–Kier alpha value is -0.890. The van der Waals surface area contributed by atoms with Gasteiger partial charge in [0.2, 0.25) is 0 Å². The van der Waals surface area contributed by atoms with Crippen molar-refractivity contribution in [2.24, 2.45) is 11.3 Å². The molecule has 0 aromatic heterocycles. The molecule has 0 unspecified atom stereocenters. The normalized spacial score (nSPS) is 21.5. The zero-order valence-corrected chi connectivity index (χ0v) is 10.4. The van der Waals surface area contributed by atoms with E-state index in [-0.39, 0.29) is 5.82 Å². The van der Waals surface area contributed by atoms with Crippen molar-refractivity contribution in [3.63, 3.8) is 0 Å². The van der Waals surface area contributed by atoms with E-state index in [2.05, 4.69) is 5.32 Å². The van der Waals surface area contributed by atoms with Gasteiger partial charge in [0.25, 0.3) is 0 Å². The lowest BCUT2D eigenvalue weighted by molar-refractivity contribution is 0.403. The maximum Gasteiger partial charge on any atom is 0.126 e. The maximum absolute atomic E-state index is 13.4. The van der Waals surface area contributed by atoms with Crippen LogP contribution in [0.5, 0.6) is 0 Å². The Kier molecular flexibility index (Phi) is 2.70. The highest BCUT2D eigenvalue weighted by atomic mass is 19.1. The summed E-state index contributed by atoms with van der Waals surface area (Å²) in [5.74, 6) is 0.900. The number of benzene rings is 1. The molecule has 0 atom stereocenters. The van der Waals surface area contributed by atoms with Crippen LogP contribution in [0.15, 0.2) is 18.2 Å². The molecule has 92 valence electrons. The quantitative estimate of drug-likeness (QED) is 0.821. The topological polar surface area (TPSA) is 12.0 Å². The van der Waals surface area contributed by atoms with Crippen molar-refractivity contribution >= 4 is 0 Å². The van der Waals surface area contributed by atoms with Gasteiger partial charge in [-0.05, 0) is 61.1 Å². The molecule has 1 N–H and O–H groups in total. The smallest absolute Gasteiger partial charge is 0.126 e. The van der Waals surface area contributed by atoms with Crippen LogP contribution in [0.25, 0.3) is 0 Å². The van der Waals surface area contributed by atoms with Gasteiger partial charge in [-0.1, -0.05) is 12.1 Å². The van der Waals surface area contributed by atoms with E-state index in [1.165, 1.54) is 25.7 Å². The van der Waals surface area contributed by atoms with Gasteiger partial charge in [0, 0.05) is 13.1 Å². The Labute approximate surface area is 102 Å². The Morgan fingerprint density at radius 1 is 1.35 bits per heavy atom. The van der Waals surface area contributed by atoms with Crippen molar-refractivity contribution in [1.82, 2.24) is 5.32 Å². The van der Waals surface area contributed by atoms with Crippen molar-refractivity contribution in [3.05, 3.63) is 35.1 Å². The summed E-state index contributed by atoms with van der Waals surface area (Å²) in [5, 5.41) is 3.51. The first-order valence-electron chi connectivity index (χ1n) is 6.65. The van der Waals surface area contributed by atoms with E-state index < -0.39 is 0 Å². The lowest BCUT2D eigenvalue weighted by Gasteiger charge is -2.15. The minimum absolute atomic E-state index is 0.0902. The van der Waals surface area contributed by atoms with Crippen LogP contribution in [-0.2, 0) is 6.54 Å². The largest absolute Gasteiger partial charge is 0.312 e. The summed E-state index contributed by atoms with van der Waals surface area (Å²) >= 11 is 0. The second kappa shape index (κ2) is 4.09. The maximum atomic E-state index is 13.4. The summed E-state index contributed by atoms with van der Waals surface area (Å²) in [6, 6.07) is 5.53. The van der Waals surface area contributed by atoms with Crippen LogP contribution < -0.4 is 5.32 Å². The Morgan fingerprint density at radius 3 is 2.71 bits per heavy atom. The first kappa shape index (κ1) is 11.2. The highest BCUT2D eigenvalue weighted by Gasteiger charge is 2.53. The van der Waals surface area contributed by atoms with Crippen LogP contribution in [0.3, 0.4) is 0 Å². The molecule has 3 rings (SSSR count). The molecular weight excluding hydrogens is 213 g/mol. The Balaban J connectivity index is 1.52. The summed E-state index contributed by atoms with van der Waals surface area (Å²) in [6.45, 7) is 3.72. The predicted molar refractivity (Wildman–Crippen MR) is 67.2 cm³/mol. The number of aryl methyl sites for hydroxylation is 1. The van der Waals surface area contributed by atoms with E-state index in [4.69, 9.17) is 0 Å². The van der Waals surface area contributed by atoms with Crippen molar-refractivity contribution in [3.8, 4) is 0 Å². The van der Waals surface area contributed by atoms with E-state index >= 15 is 0 Å². The lowest BCUT2D eigenvalue weighted by Crippen LogP contribution is -2.25. The molecule has 0 bridgehead atoms. The average Bonchev–Trinajstić information content (AvgIpc) is 3.14. The third-order valence-electron chi connectivity index (χ3n) is 4.38. The third kappa shape index (κ3) is 2.37. The fourth-order valence-corrected chi connectivity index (χ4v) is 2.79. The van der Waals surface area contributed by atoms with E-state index in [1.54, 1.807) is 13.0 Å². The molecule has 0 saturated heterocycles. The molecule has 0 spiro atoms. The summed E-state index contributed by atoms with van der Waals surface area (Å²) in [5.41, 5.74) is 2.41. The monoisotopic (exact) mass is 233 g/mol. The molecule has 2 heteroatoms. The summed E-state index contributed by atoms with van der Waals surface area (Å²) in [7, 11) is 0. The molecule has 2 fully saturated rings. The van der Waals surface area contributed by atoms with Gasteiger partial charge in [-0.3, -0.25) is 0 Å². The average molecular weight is 233 g/mol. The SMILES string of the molecule is Cc1ccc(CNCC2(C3CC3)CC2)cc1F. The second-order valence-electron chi connectivity index (χ2n) is 5.82. The van der Waals surface area contributed by atoms with Gasteiger partial charge in [-0.25, -0.2) is 4.39 Å². The van der Waals surface area contributed by atoms with E-state index in [1.807, 2.05) is 12.1 Å². The molecular formula is C15H20FN. The molecule has 17 heavy (non-hydrogen) atoms. The summed E-state index contributed by atoms with van der Waals surface area (Å²) < 4.78 is 13.4.